The Balaban J connectivity index is 1.43. The summed E-state index contributed by atoms with van der Waals surface area (Å²) in [5.41, 5.74) is 0.949. The zero-order valence-corrected chi connectivity index (χ0v) is 18.7. The minimum Gasteiger partial charge on any atom is -0.507 e. The minimum atomic E-state index is -0.161. The second-order valence-corrected chi connectivity index (χ2v) is 9.43. The highest BCUT2D eigenvalue weighted by atomic mass is 16.3. The molecule has 2 nitrogen and oxygen atoms in total. The number of phenols is 1. The van der Waals surface area contributed by atoms with Gasteiger partial charge in [0.2, 0.25) is 0 Å². The minimum absolute atomic E-state index is 0.0476. The maximum absolute atomic E-state index is 14.0. The van der Waals surface area contributed by atoms with Crippen molar-refractivity contribution in [3.05, 3.63) is 114 Å². The first-order valence-corrected chi connectivity index (χ1v) is 11.8. The third-order valence-corrected chi connectivity index (χ3v) is 7.64. The molecule has 2 heteroatoms. The summed E-state index contributed by atoms with van der Waals surface area (Å²) in [6.07, 6.45) is 0. The van der Waals surface area contributed by atoms with E-state index >= 15 is 0 Å². The molecule has 0 saturated carbocycles. The first-order valence-electron chi connectivity index (χ1n) is 11.8. The number of rotatable bonds is 2. The number of benzene rings is 8. The molecule has 0 spiro atoms. The maximum Gasteiger partial charge on any atom is 0.197 e. The van der Waals surface area contributed by atoms with Gasteiger partial charge in [-0.05, 0) is 72.1 Å². The van der Waals surface area contributed by atoms with Gasteiger partial charge >= 0.3 is 0 Å². The lowest BCUT2D eigenvalue weighted by molar-refractivity contribution is 0.103. The summed E-state index contributed by atoms with van der Waals surface area (Å²) in [4.78, 5) is 14.0. The summed E-state index contributed by atoms with van der Waals surface area (Å²) in [5, 5.41) is 24.1. The van der Waals surface area contributed by atoms with Gasteiger partial charge in [-0.3, -0.25) is 4.79 Å². The number of hydrogen-bond acceptors (Lipinski definition) is 2. The molecule has 8 rings (SSSR count). The molecule has 0 heterocycles. The monoisotopic (exact) mass is 446 g/mol. The maximum atomic E-state index is 14.0. The molecular weight excluding hydrogens is 428 g/mol. The third kappa shape index (κ3) is 2.36. The lowest BCUT2D eigenvalue weighted by atomic mass is 9.87. The molecule has 0 amide bonds. The van der Waals surface area contributed by atoms with Crippen molar-refractivity contribution in [2.45, 2.75) is 0 Å². The highest BCUT2D eigenvalue weighted by molar-refractivity contribution is 6.31. The number of ketones is 1. The van der Waals surface area contributed by atoms with E-state index in [0.717, 1.165) is 53.9 Å². The van der Waals surface area contributed by atoms with Crippen LogP contribution in [0.15, 0.2) is 103 Å². The van der Waals surface area contributed by atoms with E-state index in [1.165, 1.54) is 5.39 Å². The van der Waals surface area contributed by atoms with Gasteiger partial charge in [0.25, 0.3) is 0 Å². The largest absolute Gasteiger partial charge is 0.507 e. The second kappa shape index (κ2) is 6.46. The van der Waals surface area contributed by atoms with Crippen molar-refractivity contribution < 1.29 is 9.90 Å². The van der Waals surface area contributed by atoms with Gasteiger partial charge in [0.1, 0.15) is 5.75 Å². The molecule has 1 N–H and O–H groups in total. The molecule has 0 saturated heterocycles. The number of phenolic OH excluding ortho intramolecular Hbond substituents is 1. The Bertz CT molecular complexity index is 2100. The van der Waals surface area contributed by atoms with Crippen molar-refractivity contribution in [2.75, 3.05) is 0 Å². The van der Waals surface area contributed by atoms with Crippen molar-refractivity contribution >= 4 is 70.4 Å². The van der Waals surface area contributed by atoms with Crippen LogP contribution in [-0.4, -0.2) is 10.9 Å². The normalized spacial score (nSPS) is 12.2. The quantitative estimate of drug-likeness (QED) is 0.214. The molecule has 0 atom stereocenters. The van der Waals surface area contributed by atoms with Crippen molar-refractivity contribution in [3.8, 4) is 5.75 Å². The molecule has 8 aromatic rings. The van der Waals surface area contributed by atoms with Crippen LogP contribution in [-0.2, 0) is 0 Å². The zero-order chi connectivity index (χ0) is 23.3. The highest BCUT2D eigenvalue weighted by Gasteiger charge is 2.22. The van der Waals surface area contributed by atoms with Crippen molar-refractivity contribution in [1.29, 1.82) is 0 Å². The molecule has 0 bridgehead atoms. The fraction of sp³-hybridized carbons (Fsp3) is 0. The molecule has 0 aliphatic rings. The van der Waals surface area contributed by atoms with E-state index in [1.54, 1.807) is 0 Å². The van der Waals surface area contributed by atoms with Crippen LogP contribution in [0, 0.1) is 0 Å². The fourth-order valence-corrected chi connectivity index (χ4v) is 6.05. The van der Waals surface area contributed by atoms with E-state index in [-0.39, 0.29) is 11.5 Å². The average Bonchev–Trinajstić information content (AvgIpc) is 2.91. The number of aromatic hydroxyl groups is 1. The molecule has 0 radical (unpaired) electrons. The third-order valence-electron chi connectivity index (χ3n) is 7.64. The first-order chi connectivity index (χ1) is 17.2. The molecule has 8 aromatic carbocycles. The molecule has 0 unspecified atom stereocenters. The topological polar surface area (TPSA) is 37.3 Å². The Hall–Kier alpha value is -4.69. The van der Waals surface area contributed by atoms with Crippen LogP contribution in [0.1, 0.15) is 15.9 Å². The lowest BCUT2D eigenvalue weighted by Crippen LogP contribution is -2.04. The highest BCUT2D eigenvalue weighted by Crippen LogP contribution is 2.42. The summed E-state index contributed by atoms with van der Waals surface area (Å²) in [6.45, 7) is 0. The molecule has 162 valence electrons. The standard InChI is InChI=1S/C33H18O2/c34-32(25-15-12-22-8-7-18-3-1-5-20-11-14-24(25)30(22)28(18)20)27-17-23-10-9-19-4-2-6-21-13-16-26(33(27)35)31(23)29(19)21/h1-17,35H. The molecule has 0 aliphatic carbocycles. The van der Waals surface area contributed by atoms with Crippen molar-refractivity contribution in [2.24, 2.45) is 0 Å². The van der Waals surface area contributed by atoms with E-state index < -0.39 is 0 Å². The average molecular weight is 447 g/mol. The van der Waals surface area contributed by atoms with Gasteiger partial charge in [0, 0.05) is 16.3 Å². The van der Waals surface area contributed by atoms with Crippen LogP contribution in [0.5, 0.6) is 5.75 Å². The van der Waals surface area contributed by atoms with Crippen LogP contribution in [0.25, 0.3) is 64.6 Å². The smallest absolute Gasteiger partial charge is 0.197 e. The van der Waals surface area contributed by atoms with Crippen LogP contribution in [0.4, 0.5) is 0 Å². The summed E-state index contributed by atoms with van der Waals surface area (Å²) >= 11 is 0. The van der Waals surface area contributed by atoms with E-state index in [1.807, 2.05) is 48.5 Å². The summed E-state index contributed by atoms with van der Waals surface area (Å²) < 4.78 is 0. The van der Waals surface area contributed by atoms with Crippen LogP contribution in [0.3, 0.4) is 0 Å². The van der Waals surface area contributed by atoms with Gasteiger partial charge in [-0.25, -0.2) is 0 Å². The summed E-state index contributed by atoms with van der Waals surface area (Å²) in [7, 11) is 0. The number of carbonyl (C=O) groups is 1. The van der Waals surface area contributed by atoms with Gasteiger partial charge in [-0.2, -0.15) is 0 Å². The van der Waals surface area contributed by atoms with Crippen LogP contribution >= 0.6 is 0 Å². The zero-order valence-electron chi connectivity index (χ0n) is 18.7. The molecular formula is C33H18O2. The molecule has 0 aromatic heterocycles. The Morgan fingerprint density at radius 1 is 0.457 bits per heavy atom. The fourth-order valence-electron chi connectivity index (χ4n) is 6.05. The first kappa shape index (κ1) is 18.7. The Kier molecular flexibility index (Phi) is 3.45. The SMILES string of the molecule is O=C(c1cc2ccc3cccc4ccc(c1O)c2c34)c1ccc2ccc3cccc4ccc1c2c34. The van der Waals surface area contributed by atoms with Gasteiger partial charge in [-0.15, -0.1) is 0 Å². The summed E-state index contributed by atoms with van der Waals surface area (Å²) in [6, 6.07) is 34.7. The molecule has 35 heavy (non-hydrogen) atoms. The summed E-state index contributed by atoms with van der Waals surface area (Å²) in [5.74, 6) is -0.114. The van der Waals surface area contributed by atoms with Gasteiger partial charge in [0.05, 0.1) is 5.56 Å². The van der Waals surface area contributed by atoms with Gasteiger partial charge in [-0.1, -0.05) is 84.9 Å². The van der Waals surface area contributed by atoms with Gasteiger partial charge < -0.3 is 5.11 Å². The van der Waals surface area contributed by atoms with E-state index in [0.29, 0.717) is 16.5 Å². The Labute approximate surface area is 200 Å². The van der Waals surface area contributed by atoms with E-state index in [9.17, 15) is 9.90 Å². The van der Waals surface area contributed by atoms with E-state index in [2.05, 4.69) is 54.6 Å². The number of hydrogen-bond donors (Lipinski definition) is 1. The van der Waals surface area contributed by atoms with Crippen LogP contribution in [0.2, 0.25) is 0 Å². The van der Waals surface area contributed by atoms with Crippen molar-refractivity contribution in [3.63, 3.8) is 0 Å². The van der Waals surface area contributed by atoms with Crippen molar-refractivity contribution in [1.82, 2.24) is 0 Å². The lowest BCUT2D eigenvalue weighted by Gasteiger charge is -2.16. The second-order valence-electron chi connectivity index (χ2n) is 9.43. The Morgan fingerprint density at radius 3 is 1.54 bits per heavy atom. The molecule has 0 fully saturated rings. The van der Waals surface area contributed by atoms with E-state index in [4.69, 9.17) is 0 Å². The Morgan fingerprint density at radius 2 is 0.914 bits per heavy atom. The number of carbonyl (C=O) groups excluding carboxylic acids is 1. The predicted octanol–water partition coefficient (Wildman–Crippen LogP) is 8.42. The predicted molar refractivity (Wildman–Crippen MR) is 145 cm³/mol. The molecule has 0 aliphatic heterocycles. The van der Waals surface area contributed by atoms with Crippen LogP contribution < -0.4 is 0 Å². The van der Waals surface area contributed by atoms with Gasteiger partial charge in [0.15, 0.2) is 5.78 Å².